The van der Waals surface area contributed by atoms with E-state index in [1.54, 1.807) is 24.3 Å². The van der Waals surface area contributed by atoms with Gasteiger partial charge in [0.1, 0.15) is 5.82 Å². The van der Waals surface area contributed by atoms with E-state index in [4.69, 9.17) is 28.2 Å². The smallest absolute Gasteiger partial charge is 0.335 e. The maximum Gasteiger partial charge on any atom is 0.335 e. The van der Waals surface area contributed by atoms with Crippen LogP contribution in [-0.2, 0) is 12.0 Å². The number of carboxylic acid groups (broad SMARTS) is 1. The average molecular weight is 582 g/mol. The molecule has 0 spiro atoms. The van der Waals surface area contributed by atoms with Crippen molar-refractivity contribution < 1.29 is 9.90 Å². The number of hydrogen-bond acceptors (Lipinski definition) is 2. The van der Waals surface area contributed by atoms with Gasteiger partial charge in [0.15, 0.2) is 0 Å². The largest absolute Gasteiger partial charge is 0.478 e. The molecule has 5 aromatic rings. The van der Waals surface area contributed by atoms with Crippen LogP contribution < -0.4 is 0 Å². The van der Waals surface area contributed by atoms with E-state index >= 15 is 0 Å². The minimum Gasteiger partial charge on any atom is -0.478 e. The topological polar surface area (TPSA) is 55.1 Å². The number of carboxylic acids is 1. The summed E-state index contributed by atoms with van der Waals surface area (Å²) in [7, 11) is 0. The van der Waals surface area contributed by atoms with Gasteiger partial charge < -0.3 is 9.67 Å². The molecule has 206 valence electrons. The van der Waals surface area contributed by atoms with E-state index < -0.39 is 5.97 Å². The Bertz CT molecular complexity index is 1710. The Hall–Kier alpha value is -4.12. The van der Waals surface area contributed by atoms with Gasteiger partial charge in [-0.05, 0) is 69.6 Å². The van der Waals surface area contributed by atoms with E-state index in [0.717, 1.165) is 33.8 Å². The summed E-state index contributed by atoms with van der Waals surface area (Å²) >= 11 is 12.6. The summed E-state index contributed by atoms with van der Waals surface area (Å²) in [5.74, 6) is -0.203. The maximum atomic E-state index is 11.3. The van der Waals surface area contributed by atoms with E-state index in [1.807, 2.05) is 41.1 Å². The number of aromatic carboxylic acids is 1. The zero-order chi connectivity index (χ0) is 29.1. The summed E-state index contributed by atoms with van der Waals surface area (Å²) < 4.78 is 2.03. The highest BCUT2D eigenvalue weighted by atomic mass is 35.5. The second-order valence-electron chi connectivity index (χ2n) is 11.0. The van der Waals surface area contributed by atoms with E-state index in [2.05, 4.69) is 69.3 Å². The van der Waals surface area contributed by atoms with Crippen LogP contribution in [0.5, 0.6) is 0 Å². The second kappa shape index (κ2) is 11.8. The van der Waals surface area contributed by atoms with Crippen LogP contribution in [0.1, 0.15) is 53.6 Å². The van der Waals surface area contributed by atoms with Gasteiger partial charge in [0.25, 0.3) is 0 Å². The molecule has 0 saturated heterocycles. The molecule has 0 bridgehead atoms. The van der Waals surface area contributed by atoms with Crippen molar-refractivity contribution in [1.29, 1.82) is 0 Å². The highest BCUT2D eigenvalue weighted by Crippen LogP contribution is 2.31. The van der Waals surface area contributed by atoms with Crippen LogP contribution in [0, 0.1) is 0 Å². The number of carbonyl (C=O) groups is 1. The Balaban J connectivity index is 1.42. The number of nitrogens with zero attached hydrogens (tertiary/aromatic N) is 2. The first-order chi connectivity index (χ1) is 19.6. The Morgan fingerprint density at radius 3 is 2.07 bits per heavy atom. The summed E-state index contributed by atoms with van der Waals surface area (Å²) in [6.45, 7) is 7.17. The van der Waals surface area contributed by atoms with Crippen molar-refractivity contribution in [3.63, 3.8) is 0 Å². The fraction of sp³-hybridized carbons (Fsp3) is 0.143. The summed E-state index contributed by atoms with van der Waals surface area (Å²) in [5.41, 5.74) is 7.55. The molecule has 0 aliphatic rings. The summed E-state index contributed by atoms with van der Waals surface area (Å²) in [5, 5.41) is 10.3. The molecule has 0 radical (unpaired) electrons. The predicted molar refractivity (Wildman–Crippen MR) is 170 cm³/mol. The lowest BCUT2D eigenvalue weighted by molar-refractivity contribution is 0.0697. The fourth-order valence-electron chi connectivity index (χ4n) is 4.59. The molecule has 0 atom stereocenters. The van der Waals surface area contributed by atoms with E-state index in [-0.39, 0.29) is 11.0 Å². The molecular weight excluding hydrogens is 551 g/mol. The third-order valence-corrected chi connectivity index (χ3v) is 7.54. The molecule has 1 heterocycles. The average Bonchev–Trinajstić information content (AvgIpc) is 3.34. The van der Waals surface area contributed by atoms with Crippen LogP contribution in [0.25, 0.3) is 34.5 Å². The van der Waals surface area contributed by atoms with Crippen molar-refractivity contribution in [1.82, 2.24) is 9.55 Å². The molecule has 0 unspecified atom stereocenters. The molecule has 5 rings (SSSR count). The monoisotopic (exact) mass is 580 g/mol. The van der Waals surface area contributed by atoms with Gasteiger partial charge in [-0.15, -0.1) is 0 Å². The van der Waals surface area contributed by atoms with Crippen LogP contribution in [0.15, 0.2) is 97.2 Å². The summed E-state index contributed by atoms with van der Waals surface area (Å²) in [6, 6.07) is 29.4. The highest BCUT2D eigenvalue weighted by Gasteiger charge is 2.14. The molecule has 4 nitrogen and oxygen atoms in total. The molecular formula is C35H30Cl2N2O2. The standard InChI is InChI=1S/C35H30Cl2N2O2/c1-35(2,3)28-15-13-26(14-16-28)25-9-4-23(5-10-25)8-19-33-38-32(30-18-17-29(36)20-31(30)37)22-39(33)21-24-6-11-27(12-7-24)34(40)41/h4-20,22H,21H2,1-3H3,(H,40,41). The summed E-state index contributed by atoms with van der Waals surface area (Å²) in [6.07, 6.45) is 5.96. The normalized spacial score (nSPS) is 11.7. The van der Waals surface area contributed by atoms with Crippen LogP contribution in [0.2, 0.25) is 10.0 Å². The zero-order valence-corrected chi connectivity index (χ0v) is 24.6. The minimum atomic E-state index is -0.949. The van der Waals surface area contributed by atoms with Crippen molar-refractivity contribution in [3.05, 3.63) is 135 Å². The first-order valence-electron chi connectivity index (χ1n) is 13.3. The third kappa shape index (κ3) is 6.79. The van der Waals surface area contributed by atoms with Gasteiger partial charge in [-0.25, -0.2) is 9.78 Å². The number of halogens is 2. The molecule has 1 aromatic heterocycles. The number of rotatable bonds is 7. The van der Waals surface area contributed by atoms with E-state index in [0.29, 0.717) is 16.6 Å². The van der Waals surface area contributed by atoms with E-state index in [9.17, 15) is 9.90 Å². The van der Waals surface area contributed by atoms with Gasteiger partial charge in [-0.2, -0.15) is 0 Å². The predicted octanol–water partition coefficient (Wildman–Crippen LogP) is 9.74. The quantitative estimate of drug-likeness (QED) is 0.208. The van der Waals surface area contributed by atoms with Gasteiger partial charge in [0.2, 0.25) is 0 Å². The molecule has 4 aromatic carbocycles. The van der Waals surface area contributed by atoms with Crippen LogP contribution >= 0.6 is 23.2 Å². The Kier molecular flexibility index (Phi) is 8.16. The van der Waals surface area contributed by atoms with Crippen molar-refractivity contribution in [2.75, 3.05) is 0 Å². The van der Waals surface area contributed by atoms with Crippen molar-refractivity contribution in [2.24, 2.45) is 0 Å². The van der Waals surface area contributed by atoms with Gasteiger partial charge in [0, 0.05) is 23.3 Å². The molecule has 0 fully saturated rings. The lowest BCUT2D eigenvalue weighted by Crippen LogP contribution is -2.10. The van der Waals surface area contributed by atoms with Crippen LogP contribution in [-0.4, -0.2) is 20.6 Å². The maximum absolute atomic E-state index is 11.3. The second-order valence-corrected chi connectivity index (χ2v) is 11.9. The van der Waals surface area contributed by atoms with Gasteiger partial charge >= 0.3 is 5.97 Å². The van der Waals surface area contributed by atoms with E-state index in [1.165, 1.54) is 11.1 Å². The van der Waals surface area contributed by atoms with Gasteiger partial charge in [0.05, 0.1) is 16.3 Å². The molecule has 0 saturated carbocycles. The lowest BCUT2D eigenvalue weighted by atomic mass is 9.86. The highest BCUT2D eigenvalue weighted by molar-refractivity contribution is 6.36. The molecule has 0 amide bonds. The Labute approximate surface area is 250 Å². The van der Waals surface area contributed by atoms with Gasteiger partial charge in [-0.3, -0.25) is 0 Å². The molecule has 0 aliphatic carbocycles. The molecule has 6 heteroatoms. The van der Waals surface area contributed by atoms with Crippen LogP contribution in [0.4, 0.5) is 0 Å². The zero-order valence-electron chi connectivity index (χ0n) is 23.1. The third-order valence-electron chi connectivity index (χ3n) is 6.99. The first kappa shape index (κ1) is 28.4. The summed E-state index contributed by atoms with van der Waals surface area (Å²) in [4.78, 5) is 16.1. The number of imidazole rings is 1. The van der Waals surface area contributed by atoms with Crippen molar-refractivity contribution in [3.8, 4) is 22.4 Å². The number of aromatic nitrogens is 2. The molecule has 0 aliphatic heterocycles. The van der Waals surface area contributed by atoms with Crippen LogP contribution in [0.3, 0.4) is 0 Å². The lowest BCUT2D eigenvalue weighted by Gasteiger charge is -2.19. The molecule has 41 heavy (non-hydrogen) atoms. The SMILES string of the molecule is CC(C)(C)c1ccc(-c2ccc(C=Cc3nc(-c4ccc(Cl)cc4Cl)cn3Cc3ccc(C(=O)O)cc3)cc2)cc1. The first-order valence-corrected chi connectivity index (χ1v) is 14.1. The van der Waals surface area contributed by atoms with Crippen molar-refractivity contribution in [2.45, 2.75) is 32.7 Å². The number of benzene rings is 4. The van der Waals surface area contributed by atoms with Gasteiger partial charge in [-0.1, -0.05) is 111 Å². The fourth-order valence-corrected chi connectivity index (χ4v) is 5.09. The number of hydrogen-bond donors (Lipinski definition) is 1. The Morgan fingerprint density at radius 2 is 1.49 bits per heavy atom. The van der Waals surface area contributed by atoms with Crippen molar-refractivity contribution >= 4 is 41.3 Å². The Morgan fingerprint density at radius 1 is 0.854 bits per heavy atom. The minimum absolute atomic E-state index is 0.125. The molecule has 1 N–H and O–H groups in total.